The molecule has 2 N–H and O–H groups in total. The van der Waals surface area contributed by atoms with Gasteiger partial charge in [-0.3, -0.25) is 38.7 Å². The Labute approximate surface area is 418 Å². The topological polar surface area (TPSA) is 182 Å². The summed E-state index contributed by atoms with van der Waals surface area (Å²) in [6, 6.07) is 27.3. The van der Waals surface area contributed by atoms with E-state index in [1.807, 2.05) is 78.6 Å². The highest BCUT2D eigenvalue weighted by Gasteiger charge is 2.37. The second-order valence-electron chi connectivity index (χ2n) is 18.8. The molecule has 0 unspecified atom stereocenters. The number of unbranched alkanes of at least 4 members (excludes halogenated alkanes) is 1. The van der Waals surface area contributed by atoms with Gasteiger partial charge in [-0.25, -0.2) is 0 Å². The van der Waals surface area contributed by atoms with Crippen LogP contribution in [0.1, 0.15) is 100 Å². The van der Waals surface area contributed by atoms with Gasteiger partial charge >= 0.3 is 5.97 Å². The second kappa shape index (κ2) is 21.1. The molecule has 0 bridgehead atoms. The molecule has 0 saturated carbocycles. The molecule has 4 heterocycles. The molecule has 0 aliphatic carbocycles. The normalized spacial score (nSPS) is 16.7. The molecule has 4 amide bonds. The van der Waals surface area contributed by atoms with Crippen LogP contribution < -0.4 is 34.6 Å². The quantitative estimate of drug-likeness (QED) is 0.0636. The number of rotatable bonds is 18. The Morgan fingerprint density at radius 2 is 1.38 bits per heavy atom. The summed E-state index contributed by atoms with van der Waals surface area (Å²) in [4.78, 5) is 87.4. The fourth-order valence-corrected chi connectivity index (χ4v) is 9.75. The molecular formula is C57H57N5O10. The van der Waals surface area contributed by atoms with Crippen LogP contribution in [0.3, 0.4) is 0 Å². The summed E-state index contributed by atoms with van der Waals surface area (Å²) in [5, 5.41) is 5.69. The third-order valence-corrected chi connectivity index (χ3v) is 13.6. The number of aryl methyl sites for hydroxylation is 1. The maximum Gasteiger partial charge on any atom is 0.305 e. The van der Waals surface area contributed by atoms with E-state index < -0.39 is 17.9 Å². The lowest BCUT2D eigenvalue weighted by molar-refractivity contribution is -0.140. The van der Waals surface area contributed by atoms with Gasteiger partial charge < -0.3 is 34.5 Å². The fraction of sp³-hybridized carbons (Fsp3) is 0.316. The lowest BCUT2D eigenvalue weighted by Gasteiger charge is -2.22. The van der Waals surface area contributed by atoms with Crippen molar-refractivity contribution < 1.29 is 47.7 Å². The minimum atomic E-state index is -0.820. The molecular weight excluding hydrogens is 915 g/mol. The fourth-order valence-electron chi connectivity index (χ4n) is 9.75. The SMILES string of the molecule is COC(=O)CCCCC(=O)N[C@@H](C)C(=O)C[C@@H](C)C(=O)Nc1cc(COc2cc3c(cc2C)C(=O)N2c4ccccc4C[C@H]2C=C3)cc(COc2cc3c(cc2OC)C(=O)N2c4ccccc4C[C@H]2C=N3)c1. The van der Waals surface area contributed by atoms with Crippen LogP contribution in [0.5, 0.6) is 17.2 Å². The molecule has 0 fully saturated rings. The predicted molar refractivity (Wildman–Crippen MR) is 273 cm³/mol. The van der Waals surface area contributed by atoms with E-state index in [-0.39, 0.29) is 74.0 Å². The van der Waals surface area contributed by atoms with E-state index in [2.05, 4.69) is 27.5 Å². The summed E-state index contributed by atoms with van der Waals surface area (Å²) in [5.41, 5.74) is 8.74. The van der Waals surface area contributed by atoms with Gasteiger partial charge in [0.15, 0.2) is 17.3 Å². The lowest BCUT2D eigenvalue weighted by atomic mass is 9.99. The molecule has 0 spiro atoms. The van der Waals surface area contributed by atoms with Gasteiger partial charge in [-0.05, 0) is 115 Å². The van der Waals surface area contributed by atoms with Crippen LogP contribution >= 0.6 is 0 Å². The Kier molecular flexibility index (Phi) is 14.3. The van der Waals surface area contributed by atoms with Gasteiger partial charge in [-0.2, -0.15) is 0 Å². The van der Waals surface area contributed by atoms with E-state index in [1.54, 1.807) is 49.2 Å². The summed E-state index contributed by atoms with van der Waals surface area (Å²) in [6.45, 7) is 5.24. The number of ketones is 1. The number of amides is 4. The third kappa shape index (κ3) is 10.4. The van der Waals surface area contributed by atoms with E-state index in [0.717, 1.165) is 40.0 Å². The van der Waals surface area contributed by atoms with Gasteiger partial charge in [-0.1, -0.05) is 55.5 Å². The smallest absolute Gasteiger partial charge is 0.305 e. The average Bonchev–Trinajstić information content (AvgIpc) is 3.87. The number of hydrogen-bond acceptors (Lipinski definition) is 11. The van der Waals surface area contributed by atoms with Crippen molar-refractivity contribution in [3.63, 3.8) is 0 Å². The first-order valence-corrected chi connectivity index (χ1v) is 24.3. The average molecular weight is 972 g/mol. The molecule has 4 atom stereocenters. The summed E-state index contributed by atoms with van der Waals surface area (Å²) in [5.74, 6) is -1.10. The van der Waals surface area contributed by atoms with Gasteiger partial charge in [0.2, 0.25) is 11.8 Å². The molecule has 370 valence electrons. The van der Waals surface area contributed by atoms with Gasteiger partial charge in [0.25, 0.3) is 11.8 Å². The number of Topliss-reactive ketones (excluding diaryl/α,β-unsaturated/α-hetero) is 1. The van der Waals surface area contributed by atoms with Crippen molar-refractivity contribution in [3.8, 4) is 17.2 Å². The van der Waals surface area contributed by atoms with Gasteiger partial charge in [0, 0.05) is 66.5 Å². The van der Waals surface area contributed by atoms with Crippen LogP contribution in [0.15, 0.2) is 102 Å². The summed E-state index contributed by atoms with van der Waals surface area (Å²) in [6.07, 6.45) is 8.42. The molecule has 72 heavy (non-hydrogen) atoms. The maximum atomic E-state index is 14.1. The number of carbonyl (C=O) groups is 6. The first-order valence-electron chi connectivity index (χ1n) is 24.3. The highest BCUT2D eigenvalue weighted by Crippen LogP contribution is 2.42. The van der Waals surface area contributed by atoms with Crippen molar-refractivity contribution in [1.29, 1.82) is 0 Å². The van der Waals surface area contributed by atoms with E-state index in [1.165, 1.54) is 14.2 Å². The lowest BCUT2D eigenvalue weighted by Crippen LogP contribution is -2.39. The molecule has 9 rings (SSSR count). The van der Waals surface area contributed by atoms with Crippen LogP contribution in [-0.4, -0.2) is 73.9 Å². The zero-order chi connectivity index (χ0) is 50.6. The minimum Gasteiger partial charge on any atom is -0.493 e. The largest absolute Gasteiger partial charge is 0.493 e. The first-order chi connectivity index (χ1) is 34.8. The third-order valence-electron chi connectivity index (χ3n) is 13.6. The predicted octanol–water partition coefficient (Wildman–Crippen LogP) is 8.82. The maximum absolute atomic E-state index is 14.1. The van der Waals surface area contributed by atoms with Crippen LogP contribution in [0.4, 0.5) is 22.7 Å². The van der Waals surface area contributed by atoms with E-state index in [0.29, 0.717) is 70.1 Å². The van der Waals surface area contributed by atoms with Crippen molar-refractivity contribution in [2.45, 2.75) is 97.1 Å². The van der Waals surface area contributed by atoms with Crippen LogP contribution in [-0.2, 0) is 50.0 Å². The summed E-state index contributed by atoms with van der Waals surface area (Å²) in [7, 11) is 2.82. The molecule has 0 aromatic heterocycles. The zero-order valence-electron chi connectivity index (χ0n) is 41.0. The van der Waals surface area contributed by atoms with E-state index in [9.17, 15) is 28.8 Å². The van der Waals surface area contributed by atoms with Crippen molar-refractivity contribution in [3.05, 3.63) is 142 Å². The molecule has 5 aromatic carbocycles. The van der Waals surface area contributed by atoms with Crippen molar-refractivity contribution in [2.75, 3.05) is 29.3 Å². The highest BCUT2D eigenvalue weighted by atomic mass is 16.5. The number of para-hydroxylation sites is 2. The number of methoxy groups -OCH3 is 2. The molecule has 0 radical (unpaired) electrons. The van der Waals surface area contributed by atoms with Crippen molar-refractivity contribution >= 4 is 70.4 Å². The van der Waals surface area contributed by atoms with Gasteiger partial charge in [0.05, 0.1) is 43.6 Å². The number of aliphatic imine (C=N–C) groups is 1. The number of benzene rings is 5. The number of esters is 1. The number of hydrogen-bond donors (Lipinski definition) is 2. The van der Waals surface area contributed by atoms with E-state index >= 15 is 0 Å². The van der Waals surface area contributed by atoms with Crippen LogP contribution in [0, 0.1) is 12.8 Å². The Morgan fingerprint density at radius 3 is 2.07 bits per heavy atom. The molecule has 4 aliphatic heterocycles. The Morgan fingerprint density at radius 1 is 0.736 bits per heavy atom. The Hall–Kier alpha value is -8.07. The number of nitrogens with one attached hydrogen (secondary N) is 2. The minimum absolute atomic E-state index is 0.0190. The van der Waals surface area contributed by atoms with E-state index in [4.69, 9.17) is 19.2 Å². The number of ether oxygens (including phenoxy) is 4. The first kappa shape index (κ1) is 48.9. The number of anilines is 3. The molecule has 15 heteroatoms. The number of nitrogens with zero attached hydrogens (tertiary/aromatic N) is 3. The number of carbonyl (C=O) groups excluding carboxylic acids is 6. The molecule has 4 aliphatic rings. The van der Waals surface area contributed by atoms with Crippen molar-refractivity contribution in [1.82, 2.24) is 5.32 Å². The Balaban J connectivity index is 0.924. The molecule has 0 saturated heterocycles. The molecule has 15 nitrogen and oxygen atoms in total. The van der Waals surface area contributed by atoms with Crippen LogP contribution in [0.25, 0.3) is 6.08 Å². The van der Waals surface area contributed by atoms with Crippen LogP contribution in [0.2, 0.25) is 0 Å². The van der Waals surface area contributed by atoms with Crippen molar-refractivity contribution in [2.24, 2.45) is 10.9 Å². The van der Waals surface area contributed by atoms with Gasteiger partial charge in [0.1, 0.15) is 19.0 Å². The standard InChI is InChI=1S/C57H57N5O10/c1-33-20-44-38(18-19-42-25-39-12-6-8-14-47(39)61(42)56(44)67)27-50(33)71-31-36-22-37(24-41(23-36)60-55(66)34(2)21-49(63)35(3)59-53(64)16-10-11-17-54(65)70-5)32-72-52-29-46-45(28-51(52)69-4)57(68)62-43(30-58-46)26-40-13-7-9-15-48(40)62/h6-9,12-15,18-20,22-24,27-30,34-35,42-43H,10-11,16-17,21,25-26,31-32H2,1-5H3,(H,59,64)(H,60,66)/t34-,35+,42-,43+/m1/s1. The monoisotopic (exact) mass is 971 g/mol. The summed E-state index contributed by atoms with van der Waals surface area (Å²) < 4.78 is 23.3. The highest BCUT2D eigenvalue weighted by molar-refractivity contribution is 6.15. The summed E-state index contributed by atoms with van der Waals surface area (Å²) >= 11 is 0. The zero-order valence-corrected chi connectivity index (χ0v) is 41.0. The Bertz CT molecular complexity index is 3050. The second-order valence-corrected chi connectivity index (χ2v) is 18.8. The molecule has 5 aromatic rings. The van der Waals surface area contributed by atoms with Gasteiger partial charge in [-0.15, -0.1) is 0 Å². The number of fused-ring (bicyclic) bond motifs is 8.